The SMILES string of the molecule is CC1CCC(C)C(NCC(C(C)C)N2CCCC2)C1. The van der Waals surface area contributed by atoms with Gasteiger partial charge in [-0.05, 0) is 56.5 Å². The molecule has 4 unspecified atom stereocenters. The van der Waals surface area contributed by atoms with E-state index in [0.29, 0.717) is 0 Å². The minimum atomic E-state index is 0.743. The van der Waals surface area contributed by atoms with E-state index in [9.17, 15) is 0 Å². The first-order valence-corrected chi connectivity index (χ1v) is 8.55. The summed E-state index contributed by atoms with van der Waals surface area (Å²) in [7, 11) is 0. The number of nitrogens with zero attached hydrogens (tertiary/aromatic N) is 1. The first-order valence-electron chi connectivity index (χ1n) is 8.55. The maximum Gasteiger partial charge on any atom is 0.0243 e. The number of rotatable bonds is 5. The Labute approximate surface area is 120 Å². The third-order valence-electron chi connectivity index (χ3n) is 5.43. The molecule has 2 fully saturated rings. The summed E-state index contributed by atoms with van der Waals surface area (Å²) >= 11 is 0. The second-order valence-corrected chi connectivity index (χ2v) is 7.46. The minimum absolute atomic E-state index is 0.743. The van der Waals surface area contributed by atoms with Gasteiger partial charge in [0.1, 0.15) is 0 Å². The standard InChI is InChI=1S/C17H34N2/c1-13(2)17(19-9-5-6-10-19)12-18-16-11-14(3)7-8-15(16)4/h13-18H,5-12H2,1-4H3. The Morgan fingerprint density at radius 2 is 1.79 bits per heavy atom. The highest BCUT2D eigenvalue weighted by Gasteiger charge is 2.28. The lowest BCUT2D eigenvalue weighted by Gasteiger charge is -2.37. The van der Waals surface area contributed by atoms with Crippen molar-refractivity contribution in [3.05, 3.63) is 0 Å². The van der Waals surface area contributed by atoms with Crippen molar-refractivity contribution in [2.45, 2.75) is 71.9 Å². The molecule has 112 valence electrons. The van der Waals surface area contributed by atoms with Crippen molar-refractivity contribution >= 4 is 0 Å². The van der Waals surface area contributed by atoms with E-state index < -0.39 is 0 Å². The van der Waals surface area contributed by atoms with Crippen molar-refractivity contribution in [3.63, 3.8) is 0 Å². The molecule has 0 aromatic rings. The van der Waals surface area contributed by atoms with Crippen LogP contribution >= 0.6 is 0 Å². The van der Waals surface area contributed by atoms with Crippen molar-refractivity contribution < 1.29 is 0 Å². The van der Waals surface area contributed by atoms with Crippen LogP contribution in [-0.2, 0) is 0 Å². The number of nitrogens with one attached hydrogen (secondary N) is 1. The molecule has 19 heavy (non-hydrogen) atoms. The third kappa shape index (κ3) is 4.19. The normalized spacial score (nSPS) is 34.9. The van der Waals surface area contributed by atoms with Gasteiger partial charge in [-0.1, -0.05) is 34.1 Å². The molecule has 2 rings (SSSR count). The van der Waals surface area contributed by atoms with Crippen LogP contribution in [0, 0.1) is 17.8 Å². The zero-order chi connectivity index (χ0) is 13.8. The summed E-state index contributed by atoms with van der Waals surface area (Å²) in [6.45, 7) is 13.5. The van der Waals surface area contributed by atoms with Gasteiger partial charge >= 0.3 is 0 Å². The first kappa shape index (κ1) is 15.3. The van der Waals surface area contributed by atoms with E-state index in [-0.39, 0.29) is 0 Å². The largest absolute Gasteiger partial charge is 0.312 e. The lowest BCUT2D eigenvalue weighted by Crippen LogP contribution is -2.49. The molecular weight excluding hydrogens is 232 g/mol. The predicted octanol–water partition coefficient (Wildman–Crippen LogP) is 3.52. The molecule has 4 atom stereocenters. The number of hydrogen-bond acceptors (Lipinski definition) is 2. The van der Waals surface area contributed by atoms with Gasteiger partial charge in [0, 0.05) is 18.6 Å². The van der Waals surface area contributed by atoms with Gasteiger partial charge in [0.05, 0.1) is 0 Å². The van der Waals surface area contributed by atoms with Gasteiger partial charge in [0.15, 0.2) is 0 Å². The number of hydrogen-bond donors (Lipinski definition) is 1. The van der Waals surface area contributed by atoms with Gasteiger partial charge in [-0.15, -0.1) is 0 Å². The summed E-state index contributed by atoms with van der Waals surface area (Å²) in [6.07, 6.45) is 7.03. The molecule has 2 heteroatoms. The highest BCUT2D eigenvalue weighted by Crippen LogP contribution is 2.28. The van der Waals surface area contributed by atoms with E-state index in [2.05, 4.69) is 37.9 Å². The van der Waals surface area contributed by atoms with Crippen LogP contribution in [0.1, 0.15) is 59.8 Å². The van der Waals surface area contributed by atoms with E-state index in [1.165, 1.54) is 51.7 Å². The maximum absolute atomic E-state index is 3.92. The zero-order valence-corrected chi connectivity index (χ0v) is 13.5. The molecule has 0 spiro atoms. The van der Waals surface area contributed by atoms with Crippen molar-refractivity contribution in [1.29, 1.82) is 0 Å². The van der Waals surface area contributed by atoms with E-state index in [4.69, 9.17) is 0 Å². The van der Waals surface area contributed by atoms with Gasteiger partial charge in [0.25, 0.3) is 0 Å². The number of likely N-dealkylation sites (tertiary alicyclic amines) is 1. The van der Waals surface area contributed by atoms with E-state index in [0.717, 1.165) is 29.8 Å². The van der Waals surface area contributed by atoms with Crippen molar-refractivity contribution in [3.8, 4) is 0 Å². The van der Waals surface area contributed by atoms with Crippen molar-refractivity contribution in [2.24, 2.45) is 17.8 Å². The zero-order valence-electron chi connectivity index (χ0n) is 13.5. The Morgan fingerprint density at radius 1 is 1.11 bits per heavy atom. The van der Waals surface area contributed by atoms with Crippen LogP contribution in [0.5, 0.6) is 0 Å². The molecule has 1 N–H and O–H groups in total. The Bertz CT molecular complexity index is 258. The van der Waals surface area contributed by atoms with Crippen LogP contribution in [0.2, 0.25) is 0 Å². The smallest absolute Gasteiger partial charge is 0.0243 e. The van der Waals surface area contributed by atoms with Gasteiger partial charge in [-0.25, -0.2) is 0 Å². The molecule has 1 saturated carbocycles. The summed E-state index contributed by atoms with van der Waals surface area (Å²) in [5.74, 6) is 2.54. The van der Waals surface area contributed by atoms with Crippen LogP contribution in [0.3, 0.4) is 0 Å². The molecule has 0 bridgehead atoms. The Kier molecular flexibility index (Phi) is 5.70. The fraction of sp³-hybridized carbons (Fsp3) is 1.00. The average molecular weight is 266 g/mol. The fourth-order valence-electron chi connectivity index (χ4n) is 3.95. The predicted molar refractivity (Wildman–Crippen MR) is 83.4 cm³/mol. The highest BCUT2D eigenvalue weighted by molar-refractivity contribution is 4.86. The third-order valence-corrected chi connectivity index (χ3v) is 5.43. The summed E-state index contributed by atoms with van der Waals surface area (Å²) in [6, 6.07) is 1.50. The lowest BCUT2D eigenvalue weighted by atomic mass is 9.80. The minimum Gasteiger partial charge on any atom is -0.312 e. The van der Waals surface area contributed by atoms with Crippen LogP contribution in [0.4, 0.5) is 0 Å². The molecular formula is C17H34N2. The van der Waals surface area contributed by atoms with Gasteiger partial charge in [-0.2, -0.15) is 0 Å². The molecule has 1 saturated heterocycles. The topological polar surface area (TPSA) is 15.3 Å². The average Bonchev–Trinajstić information content (AvgIpc) is 2.87. The molecule has 1 aliphatic heterocycles. The summed E-state index contributed by atoms with van der Waals surface area (Å²) < 4.78 is 0. The lowest BCUT2D eigenvalue weighted by molar-refractivity contribution is 0.161. The highest BCUT2D eigenvalue weighted by atomic mass is 15.2. The second kappa shape index (κ2) is 7.08. The van der Waals surface area contributed by atoms with E-state index in [1.807, 2.05) is 0 Å². The van der Waals surface area contributed by atoms with Crippen molar-refractivity contribution in [2.75, 3.05) is 19.6 Å². The summed E-state index contributed by atoms with van der Waals surface area (Å²) in [5.41, 5.74) is 0. The van der Waals surface area contributed by atoms with Crippen LogP contribution < -0.4 is 5.32 Å². The molecule has 0 radical (unpaired) electrons. The summed E-state index contributed by atoms with van der Waals surface area (Å²) in [4.78, 5) is 2.72. The van der Waals surface area contributed by atoms with Crippen LogP contribution in [-0.4, -0.2) is 36.6 Å². The van der Waals surface area contributed by atoms with Crippen LogP contribution in [0.25, 0.3) is 0 Å². The quantitative estimate of drug-likeness (QED) is 0.819. The maximum atomic E-state index is 3.92. The van der Waals surface area contributed by atoms with E-state index in [1.54, 1.807) is 0 Å². The monoisotopic (exact) mass is 266 g/mol. The molecule has 2 aliphatic rings. The molecule has 2 nitrogen and oxygen atoms in total. The first-order chi connectivity index (χ1) is 9.08. The molecule has 1 aliphatic carbocycles. The van der Waals surface area contributed by atoms with E-state index >= 15 is 0 Å². The Balaban J connectivity index is 1.83. The summed E-state index contributed by atoms with van der Waals surface area (Å²) in [5, 5.41) is 3.92. The molecule has 1 heterocycles. The van der Waals surface area contributed by atoms with Gasteiger partial charge in [0.2, 0.25) is 0 Å². The fourth-order valence-corrected chi connectivity index (χ4v) is 3.95. The van der Waals surface area contributed by atoms with Gasteiger partial charge < -0.3 is 5.32 Å². The van der Waals surface area contributed by atoms with Gasteiger partial charge in [-0.3, -0.25) is 4.90 Å². The molecule has 0 aromatic carbocycles. The second-order valence-electron chi connectivity index (χ2n) is 7.46. The Hall–Kier alpha value is -0.0800. The molecule has 0 amide bonds. The van der Waals surface area contributed by atoms with Crippen LogP contribution in [0.15, 0.2) is 0 Å². The Morgan fingerprint density at radius 3 is 2.42 bits per heavy atom. The van der Waals surface area contributed by atoms with Crippen molar-refractivity contribution in [1.82, 2.24) is 10.2 Å². The molecule has 0 aromatic heterocycles.